The first-order valence-electron chi connectivity index (χ1n) is 9.30. The second kappa shape index (κ2) is 9.32. The molecule has 0 saturated carbocycles. The quantitative estimate of drug-likeness (QED) is 0.459. The zero-order valence-corrected chi connectivity index (χ0v) is 18.5. The Morgan fingerprint density at radius 1 is 1.29 bits per heavy atom. The molecule has 1 aromatic rings. The van der Waals surface area contributed by atoms with Crippen LogP contribution in [-0.4, -0.2) is 39.5 Å². The third-order valence-corrected chi connectivity index (χ3v) is 7.95. The normalized spacial score (nSPS) is 19.9. The number of aliphatic hydroxyl groups excluding tert-OH is 1. The van der Waals surface area contributed by atoms with Gasteiger partial charge in [0.1, 0.15) is 0 Å². The van der Waals surface area contributed by atoms with Crippen molar-refractivity contribution in [1.29, 1.82) is 0 Å². The maximum absolute atomic E-state index is 12.5. The van der Waals surface area contributed by atoms with Gasteiger partial charge in [-0.1, -0.05) is 48.7 Å². The first-order valence-corrected chi connectivity index (χ1v) is 12.1. The van der Waals surface area contributed by atoms with Crippen LogP contribution < -0.4 is 0 Å². The summed E-state index contributed by atoms with van der Waals surface area (Å²) in [6.45, 7) is 4.25. The van der Waals surface area contributed by atoms with E-state index >= 15 is 0 Å². The van der Waals surface area contributed by atoms with Gasteiger partial charge >= 0.3 is 5.97 Å². The molecule has 0 saturated heterocycles. The molecule has 0 aromatic heterocycles. The molecule has 5 nitrogen and oxygen atoms in total. The van der Waals surface area contributed by atoms with E-state index in [-0.39, 0.29) is 11.6 Å². The van der Waals surface area contributed by atoms with Crippen molar-refractivity contribution in [1.82, 2.24) is 0 Å². The number of aliphatic carboxylic acids is 1. The van der Waals surface area contributed by atoms with Gasteiger partial charge in [-0.2, -0.15) is 0 Å². The Bertz CT molecular complexity index is 819. The SMILES string of the molecule is CC1(C)CCCC(c2ccc(Cl)c(Cl)c2)=C1CCP(=O)(O)C[C@@H](O)CC(=O)O. The highest BCUT2D eigenvalue weighted by atomic mass is 35.5. The van der Waals surface area contributed by atoms with Crippen LogP contribution >= 0.6 is 30.6 Å². The highest BCUT2D eigenvalue weighted by Gasteiger charge is 2.33. The van der Waals surface area contributed by atoms with Crippen LogP contribution in [-0.2, 0) is 9.36 Å². The first-order chi connectivity index (χ1) is 12.9. The van der Waals surface area contributed by atoms with E-state index in [9.17, 15) is 19.4 Å². The lowest BCUT2D eigenvalue weighted by atomic mass is 9.70. The van der Waals surface area contributed by atoms with Crippen LogP contribution in [0.4, 0.5) is 0 Å². The molecule has 0 bridgehead atoms. The van der Waals surface area contributed by atoms with E-state index in [1.807, 2.05) is 12.1 Å². The minimum Gasteiger partial charge on any atom is -0.481 e. The van der Waals surface area contributed by atoms with E-state index < -0.39 is 32.0 Å². The molecule has 1 unspecified atom stereocenters. The van der Waals surface area contributed by atoms with E-state index in [0.717, 1.165) is 36.0 Å². The van der Waals surface area contributed by atoms with Crippen LogP contribution in [0.25, 0.3) is 5.57 Å². The molecule has 1 aliphatic rings. The van der Waals surface area contributed by atoms with E-state index in [0.29, 0.717) is 16.5 Å². The number of benzene rings is 1. The Morgan fingerprint density at radius 3 is 2.57 bits per heavy atom. The summed E-state index contributed by atoms with van der Waals surface area (Å²) >= 11 is 12.2. The summed E-state index contributed by atoms with van der Waals surface area (Å²) < 4.78 is 12.5. The Kier molecular flexibility index (Phi) is 7.80. The van der Waals surface area contributed by atoms with Crippen molar-refractivity contribution in [2.24, 2.45) is 5.41 Å². The molecule has 2 atom stereocenters. The third-order valence-electron chi connectivity index (χ3n) is 5.30. The fraction of sp³-hybridized carbons (Fsp3) is 0.550. The molecule has 156 valence electrons. The monoisotopic (exact) mass is 448 g/mol. The fourth-order valence-corrected chi connectivity index (χ4v) is 5.72. The second-order valence-electron chi connectivity index (χ2n) is 8.08. The number of aliphatic hydroxyl groups is 1. The summed E-state index contributed by atoms with van der Waals surface area (Å²) in [7, 11) is -3.66. The van der Waals surface area contributed by atoms with Crippen molar-refractivity contribution in [3.8, 4) is 0 Å². The van der Waals surface area contributed by atoms with Gasteiger partial charge in [0.15, 0.2) is 0 Å². The van der Waals surface area contributed by atoms with Gasteiger partial charge in [-0.3, -0.25) is 9.36 Å². The number of carbonyl (C=O) groups is 1. The van der Waals surface area contributed by atoms with E-state index in [4.69, 9.17) is 28.3 Å². The standard InChI is InChI=1S/C20H27Cl2O5P/c1-20(2)8-3-4-15(13-5-6-17(21)18(22)10-13)16(20)7-9-28(26,27)12-14(23)11-19(24)25/h5-6,10,14,23H,3-4,7-9,11-12H2,1-2H3,(H,24,25)(H,26,27)/t14-/m0/s1. The third kappa shape index (κ3) is 6.33. The minimum absolute atomic E-state index is 0.00721. The Morgan fingerprint density at radius 2 is 1.96 bits per heavy atom. The van der Waals surface area contributed by atoms with Crippen molar-refractivity contribution in [2.75, 3.05) is 12.3 Å². The lowest BCUT2D eigenvalue weighted by molar-refractivity contribution is -0.138. The molecule has 2 rings (SSSR count). The topological polar surface area (TPSA) is 94.8 Å². The molecular weight excluding hydrogens is 422 g/mol. The number of carboxylic acid groups (broad SMARTS) is 1. The van der Waals surface area contributed by atoms with Gasteiger partial charge in [-0.05, 0) is 54.4 Å². The molecule has 3 N–H and O–H groups in total. The smallest absolute Gasteiger partial charge is 0.305 e. The van der Waals surface area contributed by atoms with Crippen LogP contribution in [0.15, 0.2) is 23.8 Å². The lowest BCUT2D eigenvalue weighted by Gasteiger charge is -2.36. The molecule has 1 aliphatic carbocycles. The van der Waals surface area contributed by atoms with Crippen LogP contribution in [0.3, 0.4) is 0 Å². The summed E-state index contributed by atoms with van der Waals surface area (Å²) in [4.78, 5) is 21.0. The summed E-state index contributed by atoms with van der Waals surface area (Å²) in [5, 5.41) is 19.4. The molecule has 0 aliphatic heterocycles. The van der Waals surface area contributed by atoms with Gasteiger partial charge in [0.25, 0.3) is 0 Å². The zero-order chi connectivity index (χ0) is 21.1. The molecule has 0 spiro atoms. The average Bonchev–Trinajstić information content (AvgIpc) is 2.54. The summed E-state index contributed by atoms with van der Waals surface area (Å²) in [5.74, 6) is -1.19. The molecule has 1 aromatic carbocycles. The number of halogens is 2. The van der Waals surface area contributed by atoms with Gasteiger partial charge < -0.3 is 15.1 Å². The number of rotatable bonds is 8. The van der Waals surface area contributed by atoms with Crippen LogP contribution in [0.2, 0.25) is 10.0 Å². The molecule has 0 heterocycles. The number of hydrogen-bond donors (Lipinski definition) is 3. The van der Waals surface area contributed by atoms with Gasteiger partial charge in [-0.25, -0.2) is 0 Å². The highest BCUT2D eigenvalue weighted by Crippen LogP contribution is 2.50. The van der Waals surface area contributed by atoms with Crippen LogP contribution in [0.1, 0.15) is 51.5 Å². The molecule has 28 heavy (non-hydrogen) atoms. The lowest BCUT2D eigenvalue weighted by Crippen LogP contribution is -2.22. The number of carboxylic acids is 1. The average molecular weight is 449 g/mol. The van der Waals surface area contributed by atoms with Crippen LogP contribution in [0, 0.1) is 5.41 Å². The Labute approximate surface area is 175 Å². The van der Waals surface area contributed by atoms with Gasteiger partial charge in [0.2, 0.25) is 7.37 Å². The minimum atomic E-state index is -3.66. The van der Waals surface area contributed by atoms with E-state index in [2.05, 4.69) is 13.8 Å². The second-order valence-corrected chi connectivity index (χ2v) is 11.4. The summed E-state index contributed by atoms with van der Waals surface area (Å²) in [6.07, 6.45) is 1.00. The molecule has 0 amide bonds. The summed E-state index contributed by atoms with van der Waals surface area (Å²) in [6, 6.07) is 5.50. The maximum atomic E-state index is 12.5. The molecular formula is C20H27Cl2O5P. The maximum Gasteiger partial charge on any atom is 0.305 e. The van der Waals surface area contributed by atoms with Gasteiger partial charge in [0, 0.05) is 6.16 Å². The van der Waals surface area contributed by atoms with Crippen LogP contribution in [0.5, 0.6) is 0 Å². The van der Waals surface area contributed by atoms with Crippen molar-refractivity contribution < 1.29 is 24.5 Å². The Hall–Kier alpha value is -0.840. The fourth-order valence-electron chi connectivity index (χ4n) is 3.88. The van der Waals surface area contributed by atoms with Gasteiger partial charge in [-0.15, -0.1) is 0 Å². The predicted molar refractivity (Wildman–Crippen MR) is 113 cm³/mol. The molecule has 0 radical (unpaired) electrons. The predicted octanol–water partition coefficient (Wildman–Crippen LogP) is 5.45. The van der Waals surface area contributed by atoms with Crippen molar-refractivity contribution in [2.45, 2.75) is 52.1 Å². The molecule has 8 heteroatoms. The van der Waals surface area contributed by atoms with E-state index in [1.54, 1.807) is 6.07 Å². The molecule has 0 fully saturated rings. The number of allylic oxidation sites excluding steroid dienone is 2. The van der Waals surface area contributed by atoms with Crippen molar-refractivity contribution >= 4 is 42.1 Å². The van der Waals surface area contributed by atoms with E-state index in [1.165, 1.54) is 0 Å². The Balaban J connectivity index is 2.26. The first kappa shape index (κ1) is 23.4. The van der Waals surface area contributed by atoms with Gasteiger partial charge in [0.05, 0.1) is 28.7 Å². The summed E-state index contributed by atoms with van der Waals surface area (Å²) in [5.41, 5.74) is 3.08. The van der Waals surface area contributed by atoms with Crippen molar-refractivity contribution in [3.05, 3.63) is 39.4 Å². The number of hydrogen-bond acceptors (Lipinski definition) is 3. The largest absolute Gasteiger partial charge is 0.481 e. The zero-order valence-electron chi connectivity index (χ0n) is 16.1. The highest BCUT2D eigenvalue weighted by molar-refractivity contribution is 7.58. The van der Waals surface area contributed by atoms with Crippen molar-refractivity contribution in [3.63, 3.8) is 0 Å².